The first-order valence-electron chi connectivity index (χ1n) is 6.35. The van der Waals surface area contributed by atoms with Gasteiger partial charge in [0.25, 0.3) is 0 Å². The average molecular weight is 212 g/mol. The fourth-order valence-corrected chi connectivity index (χ4v) is 1.90. The van der Waals surface area contributed by atoms with Crippen LogP contribution in [0.5, 0.6) is 0 Å². The van der Waals surface area contributed by atoms with Gasteiger partial charge in [0.2, 0.25) is 0 Å². The molecule has 0 spiro atoms. The summed E-state index contributed by atoms with van der Waals surface area (Å²) in [5.41, 5.74) is 0.436. The van der Waals surface area contributed by atoms with Gasteiger partial charge in [0, 0.05) is 25.7 Å². The Morgan fingerprint density at radius 3 is 2.60 bits per heavy atom. The van der Waals surface area contributed by atoms with Crippen molar-refractivity contribution in [3.8, 4) is 0 Å². The molecular formula is C13H28N2. The van der Waals surface area contributed by atoms with Crippen LogP contribution in [0.25, 0.3) is 0 Å². The van der Waals surface area contributed by atoms with Crippen molar-refractivity contribution in [1.29, 1.82) is 0 Å². The van der Waals surface area contributed by atoms with Gasteiger partial charge in [-0.05, 0) is 31.2 Å². The summed E-state index contributed by atoms with van der Waals surface area (Å²) >= 11 is 0. The normalized spacial score (nSPS) is 27.4. The lowest BCUT2D eigenvalue weighted by Crippen LogP contribution is -2.36. The predicted octanol–water partition coefficient (Wildman–Crippen LogP) is 2.35. The first-order chi connectivity index (χ1) is 6.89. The Kier molecular flexibility index (Phi) is 4.60. The fraction of sp³-hybridized carbons (Fsp3) is 1.00. The molecule has 1 saturated heterocycles. The van der Waals surface area contributed by atoms with Crippen LogP contribution in [0.1, 0.15) is 41.0 Å². The molecule has 0 aliphatic carbocycles. The summed E-state index contributed by atoms with van der Waals surface area (Å²) in [5.74, 6) is 0.769. The Morgan fingerprint density at radius 1 is 1.33 bits per heavy atom. The number of nitrogens with one attached hydrogen (secondary N) is 1. The van der Waals surface area contributed by atoms with Crippen LogP contribution >= 0.6 is 0 Å². The number of nitrogens with zero attached hydrogens (tertiary/aromatic N) is 1. The maximum atomic E-state index is 3.54. The molecular weight excluding hydrogens is 184 g/mol. The van der Waals surface area contributed by atoms with Gasteiger partial charge >= 0.3 is 0 Å². The summed E-state index contributed by atoms with van der Waals surface area (Å²) in [7, 11) is 0. The predicted molar refractivity (Wildman–Crippen MR) is 67.1 cm³/mol. The minimum Gasteiger partial charge on any atom is -0.313 e. The van der Waals surface area contributed by atoms with E-state index in [-0.39, 0.29) is 0 Å². The molecule has 0 radical (unpaired) electrons. The molecule has 1 rings (SSSR count). The zero-order valence-corrected chi connectivity index (χ0v) is 11.1. The highest BCUT2D eigenvalue weighted by Crippen LogP contribution is 2.26. The van der Waals surface area contributed by atoms with Crippen LogP contribution in [0.2, 0.25) is 0 Å². The van der Waals surface area contributed by atoms with Gasteiger partial charge < -0.3 is 10.2 Å². The van der Waals surface area contributed by atoms with E-state index in [2.05, 4.69) is 44.8 Å². The van der Waals surface area contributed by atoms with E-state index >= 15 is 0 Å². The van der Waals surface area contributed by atoms with E-state index in [0.29, 0.717) is 11.5 Å². The Hall–Kier alpha value is -0.0800. The monoisotopic (exact) mass is 212 g/mol. The summed E-state index contributed by atoms with van der Waals surface area (Å²) < 4.78 is 0. The maximum Gasteiger partial charge on any atom is 0.0107 e. The smallest absolute Gasteiger partial charge is 0.0107 e. The van der Waals surface area contributed by atoms with Crippen LogP contribution in [0.3, 0.4) is 0 Å². The summed E-state index contributed by atoms with van der Waals surface area (Å²) in [5, 5.41) is 3.54. The van der Waals surface area contributed by atoms with Crippen molar-refractivity contribution in [2.45, 2.75) is 47.1 Å². The Morgan fingerprint density at radius 2 is 2.00 bits per heavy atom. The average Bonchev–Trinajstić information content (AvgIpc) is 2.29. The molecule has 2 heteroatoms. The highest BCUT2D eigenvalue weighted by molar-refractivity contribution is 4.77. The maximum absolute atomic E-state index is 3.54. The molecule has 0 bridgehead atoms. The summed E-state index contributed by atoms with van der Waals surface area (Å²) in [6.45, 7) is 16.6. The van der Waals surface area contributed by atoms with Crippen LogP contribution < -0.4 is 5.32 Å². The van der Waals surface area contributed by atoms with Crippen LogP contribution in [0, 0.1) is 11.3 Å². The van der Waals surface area contributed by atoms with E-state index in [9.17, 15) is 0 Å². The van der Waals surface area contributed by atoms with Crippen LogP contribution in [0.15, 0.2) is 0 Å². The first-order valence-corrected chi connectivity index (χ1v) is 6.35. The number of hydrogen-bond acceptors (Lipinski definition) is 2. The van der Waals surface area contributed by atoms with E-state index < -0.39 is 0 Å². The van der Waals surface area contributed by atoms with Crippen molar-refractivity contribution in [1.82, 2.24) is 10.2 Å². The minimum atomic E-state index is 0.436. The summed E-state index contributed by atoms with van der Waals surface area (Å²) in [6.07, 6.45) is 1.29. The molecule has 1 heterocycles. The molecule has 90 valence electrons. The first kappa shape index (κ1) is 13.0. The van der Waals surface area contributed by atoms with Crippen molar-refractivity contribution in [3.63, 3.8) is 0 Å². The van der Waals surface area contributed by atoms with Crippen molar-refractivity contribution >= 4 is 0 Å². The molecule has 2 atom stereocenters. The molecule has 0 amide bonds. The molecule has 1 aliphatic rings. The molecule has 1 aliphatic heterocycles. The molecule has 0 saturated carbocycles. The Labute approximate surface area is 95.4 Å². The zero-order valence-electron chi connectivity index (χ0n) is 11.1. The van der Waals surface area contributed by atoms with Gasteiger partial charge in [0.1, 0.15) is 0 Å². The highest BCUT2D eigenvalue weighted by atomic mass is 15.2. The van der Waals surface area contributed by atoms with E-state index in [4.69, 9.17) is 0 Å². The second-order valence-corrected chi connectivity index (χ2v) is 6.21. The van der Waals surface area contributed by atoms with Crippen LogP contribution in [-0.4, -0.2) is 37.1 Å². The minimum absolute atomic E-state index is 0.436. The van der Waals surface area contributed by atoms with Crippen molar-refractivity contribution in [3.05, 3.63) is 0 Å². The molecule has 0 aromatic carbocycles. The van der Waals surface area contributed by atoms with Crippen molar-refractivity contribution in [2.24, 2.45) is 11.3 Å². The Bertz CT molecular complexity index is 183. The van der Waals surface area contributed by atoms with Gasteiger partial charge in [-0.15, -0.1) is 0 Å². The van der Waals surface area contributed by atoms with Crippen molar-refractivity contribution < 1.29 is 0 Å². The SMILES string of the molecule is CC1CCN(CC(C)C(C)(C)C)CCN1. The third-order valence-electron chi connectivity index (χ3n) is 3.81. The standard InChI is InChI=1S/C13H28N2/c1-11(13(3,4)5)10-15-8-6-12(2)14-7-9-15/h11-12,14H,6-10H2,1-5H3. The third kappa shape index (κ3) is 4.52. The van der Waals surface area contributed by atoms with Gasteiger partial charge in [-0.2, -0.15) is 0 Å². The van der Waals surface area contributed by atoms with Gasteiger partial charge in [0.15, 0.2) is 0 Å². The van der Waals surface area contributed by atoms with E-state index in [1.807, 2.05) is 0 Å². The summed E-state index contributed by atoms with van der Waals surface area (Å²) in [6, 6.07) is 0.694. The Balaban J connectivity index is 2.38. The van der Waals surface area contributed by atoms with Crippen LogP contribution in [0.4, 0.5) is 0 Å². The second kappa shape index (κ2) is 5.31. The molecule has 0 aromatic rings. The lowest BCUT2D eigenvalue weighted by atomic mass is 9.82. The van der Waals surface area contributed by atoms with Gasteiger partial charge in [-0.3, -0.25) is 0 Å². The molecule has 2 unspecified atom stereocenters. The molecule has 2 nitrogen and oxygen atoms in total. The molecule has 1 fully saturated rings. The van der Waals surface area contributed by atoms with E-state index in [1.165, 1.54) is 26.1 Å². The van der Waals surface area contributed by atoms with Gasteiger partial charge in [0.05, 0.1) is 0 Å². The third-order valence-corrected chi connectivity index (χ3v) is 3.81. The fourth-order valence-electron chi connectivity index (χ4n) is 1.90. The summed E-state index contributed by atoms with van der Waals surface area (Å²) in [4.78, 5) is 2.62. The zero-order chi connectivity index (χ0) is 11.5. The largest absolute Gasteiger partial charge is 0.313 e. The second-order valence-electron chi connectivity index (χ2n) is 6.21. The lowest BCUT2D eigenvalue weighted by Gasteiger charge is -2.32. The van der Waals surface area contributed by atoms with Gasteiger partial charge in [-0.1, -0.05) is 27.7 Å². The van der Waals surface area contributed by atoms with Gasteiger partial charge in [-0.25, -0.2) is 0 Å². The molecule has 1 N–H and O–H groups in total. The van der Waals surface area contributed by atoms with E-state index in [0.717, 1.165) is 12.5 Å². The topological polar surface area (TPSA) is 15.3 Å². The van der Waals surface area contributed by atoms with Crippen molar-refractivity contribution in [2.75, 3.05) is 26.2 Å². The highest BCUT2D eigenvalue weighted by Gasteiger charge is 2.23. The number of hydrogen-bond donors (Lipinski definition) is 1. The number of rotatable bonds is 2. The molecule has 0 aromatic heterocycles. The van der Waals surface area contributed by atoms with Crippen LogP contribution in [-0.2, 0) is 0 Å². The lowest BCUT2D eigenvalue weighted by molar-refractivity contribution is 0.167. The molecule has 15 heavy (non-hydrogen) atoms. The van der Waals surface area contributed by atoms with E-state index in [1.54, 1.807) is 0 Å². The quantitative estimate of drug-likeness (QED) is 0.756.